The van der Waals surface area contributed by atoms with Crippen LogP contribution in [-0.4, -0.2) is 22.6 Å². The fraction of sp³-hybridized carbons (Fsp3) is 0.389. The molecule has 1 amide bonds. The lowest BCUT2D eigenvalue weighted by molar-refractivity contribution is 0.0930. The highest BCUT2D eigenvalue weighted by Gasteiger charge is 2.34. The summed E-state index contributed by atoms with van der Waals surface area (Å²) in [6.45, 7) is 0.594. The van der Waals surface area contributed by atoms with Crippen LogP contribution >= 0.6 is 0 Å². The number of hydrogen-bond acceptors (Lipinski definition) is 3. The van der Waals surface area contributed by atoms with Crippen molar-refractivity contribution in [2.75, 3.05) is 6.54 Å². The summed E-state index contributed by atoms with van der Waals surface area (Å²) < 4.78 is 0. The number of nitrogens with zero attached hydrogens (tertiary/aromatic N) is 1. The molecule has 0 bridgehead atoms. The van der Waals surface area contributed by atoms with E-state index >= 15 is 0 Å². The molecule has 0 aliphatic heterocycles. The third-order valence-electron chi connectivity index (χ3n) is 4.70. The molecule has 23 heavy (non-hydrogen) atoms. The summed E-state index contributed by atoms with van der Waals surface area (Å²) in [5.74, 6) is -0.248. The largest absolute Gasteiger partial charge is 0.350 e. The van der Waals surface area contributed by atoms with E-state index in [4.69, 9.17) is 0 Å². The van der Waals surface area contributed by atoms with Gasteiger partial charge in [-0.15, -0.1) is 0 Å². The van der Waals surface area contributed by atoms with Crippen molar-refractivity contribution in [2.24, 2.45) is 0 Å². The molecule has 3 rings (SSSR count). The molecule has 2 aromatic rings. The molecule has 1 aromatic heterocycles. The second-order valence-electron chi connectivity index (χ2n) is 6.20. The second kappa shape index (κ2) is 6.77. The molecule has 120 valence electrons. The molecule has 5 nitrogen and oxygen atoms in total. The van der Waals surface area contributed by atoms with Crippen molar-refractivity contribution in [1.82, 2.24) is 15.5 Å². The highest BCUT2D eigenvalue weighted by Crippen LogP contribution is 2.38. The van der Waals surface area contributed by atoms with Crippen LogP contribution in [0.5, 0.6) is 0 Å². The number of carbonyl (C=O) groups excluding carboxylic acids is 1. The number of rotatable bonds is 4. The minimum Gasteiger partial charge on any atom is -0.350 e. The average molecular weight is 311 g/mol. The summed E-state index contributed by atoms with van der Waals surface area (Å²) in [4.78, 5) is 23.3. The van der Waals surface area contributed by atoms with Crippen LogP contribution in [0.3, 0.4) is 0 Å². The van der Waals surface area contributed by atoms with E-state index in [0.717, 1.165) is 12.8 Å². The first-order chi connectivity index (χ1) is 11.2. The summed E-state index contributed by atoms with van der Waals surface area (Å²) in [5.41, 5.74) is 1.21. The molecule has 1 heterocycles. The van der Waals surface area contributed by atoms with Gasteiger partial charge in [0, 0.05) is 18.0 Å². The molecular formula is C18H21N3O2. The van der Waals surface area contributed by atoms with Gasteiger partial charge in [-0.25, -0.2) is 5.10 Å². The van der Waals surface area contributed by atoms with Crippen molar-refractivity contribution < 1.29 is 4.79 Å². The molecule has 0 unspecified atom stereocenters. The van der Waals surface area contributed by atoms with Crippen LogP contribution in [0.2, 0.25) is 0 Å². The monoisotopic (exact) mass is 311 g/mol. The van der Waals surface area contributed by atoms with Crippen LogP contribution in [0.1, 0.15) is 48.2 Å². The Hall–Kier alpha value is -2.43. The Labute approximate surface area is 135 Å². The van der Waals surface area contributed by atoms with Crippen molar-refractivity contribution in [1.29, 1.82) is 0 Å². The number of carbonyl (C=O) groups is 1. The fourth-order valence-electron chi connectivity index (χ4n) is 3.40. The lowest BCUT2D eigenvalue weighted by Gasteiger charge is -2.38. The third kappa shape index (κ3) is 3.50. The van der Waals surface area contributed by atoms with Gasteiger partial charge >= 0.3 is 0 Å². The highest BCUT2D eigenvalue weighted by molar-refractivity contribution is 5.92. The van der Waals surface area contributed by atoms with Crippen LogP contribution in [0.4, 0.5) is 0 Å². The van der Waals surface area contributed by atoms with Gasteiger partial charge in [0.2, 0.25) is 0 Å². The molecule has 1 aliphatic rings. The van der Waals surface area contributed by atoms with Crippen molar-refractivity contribution >= 4 is 5.91 Å². The minimum atomic E-state index is -0.311. The maximum absolute atomic E-state index is 12.3. The predicted molar refractivity (Wildman–Crippen MR) is 88.4 cm³/mol. The Morgan fingerprint density at radius 1 is 1.09 bits per heavy atom. The topological polar surface area (TPSA) is 74.8 Å². The van der Waals surface area contributed by atoms with Gasteiger partial charge in [-0.2, -0.15) is 5.10 Å². The lowest BCUT2D eigenvalue weighted by atomic mass is 9.69. The van der Waals surface area contributed by atoms with E-state index in [1.807, 2.05) is 6.07 Å². The second-order valence-corrected chi connectivity index (χ2v) is 6.20. The van der Waals surface area contributed by atoms with E-state index in [0.29, 0.717) is 6.54 Å². The van der Waals surface area contributed by atoms with Crippen LogP contribution in [0.15, 0.2) is 47.3 Å². The Morgan fingerprint density at radius 2 is 1.83 bits per heavy atom. The Kier molecular flexibility index (Phi) is 4.55. The number of hydrogen-bond donors (Lipinski definition) is 2. The van der Waals surface area contributed by atoms with Gasteiger partial charge in [0.1, 0.15) is 5.69 Å². The summed E-state index contributed by atoms with van der Waals surface area (Å²) >= 11 is 0. The maximum Gasteiger partial charge on any atom is 0.271 e. The first-order valence-corrected chi connectivity index (χ1v) is 8.09. The number of aromatic nitrogens is 2. The van der Waals surface area contributed by atoms with Crippen molar-refractivity contribution in [3.05, 3.63) is 64.1 Å². The summed E-state index contributed by atoms with van der Waals surface area (Å²) in [6, 6.07) is 13.2. The Balaban J connectivity index is 1.76. The fourth-order valence-corrected chi connectivity index (χ4v) is 3.40. The molecule has 1 aromatic carbocycles. The van der Waals surface area contributed by atoms with Gasteiger partial charge in [0.25, 0.3) is 11.5 Å². The zero-order valence-corrected chi connectivity index (χ0v) is 13.0. The maximum atomic E-state index is 12.3. The van der Waals surface area contributed by atoms with Crippen LogP contribution in [0.25, 0.3) is 0 Å². The molecule has 0 radical (unpaired) electrons. The summed E-state index contributed by atoms with van der Waals surface area (Å²) in [5, 5.41) is 9.09. The Morgan fingerprint density at radius 3 is 2.48 bits per heavy atom. The SMILES string of the molecule is O=C(NCC1(c2ccccc2)CCCCC1)c1ccc(=O)[nH]n1. The van der Waals surface area contributed by atoms with Crippen molar-refractivity contribution in [3.63, 3.8) is 0 Å². The molecule has 1 saturated carbocycles. The lowest BCUT2D eigenvalue weighted by Crippen LogP contribution is -2.42. The van der Waals surface area contributed by atoms with Crippen LogP contribution in [0, 0.1) is 0 Å². The van der Waals surface area contributed by atoms with Gasteiger partial charge in [-0.1, -0.05) is 49.6 Å². The first-order valence-electron chi connectivity index (χ1n) is 8.09. The number of amides is 1. The van der Waals surface area contributed by atoms with Crippen molar-refractivity contribution in [3.8, 4) is 0 Å². The first kappa shape index (κ1) is 15.5. The molecule has 5 heteroatoms. The standard InChI is InChI=1S/C18H21N3O2/c22-16-10-9-15(20-21-16)17(23)19-13-18(11-5-2-6-12-18)14-7-3-1-4-8-14/h1,3-4,7-10H,2,5-6,11-13H2,(H,19,23)(H,21,22). The molecule has 0 saturated heterocycles. The highest BCUT2D eigenvalue weighted by atomic mass is 16.2. The van der Waals surface area contributed by atoms with E-state index < -0.39 is 0 Å². The predicted octanol–water partition coefficient (Wildman–Crippen LogP) is 2.40. The van der Waals surface area contributed by atoms with Gasteiger partial charge in [0.15, 0.2) is 0 Å². The zero-order valence-electron chi connectivity index (χ0n) is 13.0. The van der Waals surface area contributed by atoms with Crippen LogP contribution < -0.4 is 10.9 Å². The molecule has 0 spiro atoms. The smallest absolute Gasteiger partial charge is 0.271 e. The summed E-state index contributed by atoms with van der Waals surface area (Å²) in [7, 11) is 0. The van der Waals surface area contributed by atoms with E-state index in [9.17, 15) is 9.59 Å². The molecule has 2 N–H and O–H groups in total. The number of benzene rings is 1. The average Bonchev–Trinajstić information content (AvgIpc) is 2.62. The minimum absolute atomic E-state index is 0.00262. The van der Waals surface area contributed by atoms with Gasteiger partial charge < -0.3 is 5.32 Å². The number of nitrogens with one attached hydrogen (secondary N) is 2. The van der Waals surface area contributed by atoms with E-state index in [1.54, 1.807) is 0 Å². The molecule has 1 aliphatic carbocycles. The quantitative estimate of drug-likeness (QED) is 0.910. The number of H-pyrrole nitrogens is 1. The van der Waals surface area contributed by atoms with E-state index in [1.165, 1.54) is 37.0 Å². The molecule has 0 atom stereocenters. The normalized spacial score (nSPS) is 16.7. The van der Waals surface area contributed by atoms with Gasteiger partial charge in [-0.05, 0) is 24.5 Å². The molecular weight excluding hydrogens is 290 g/mol. The van der Waals surface area contributed by atoms with Gasteiger partial charge in [-0.3, -0.25) is 9.59 Å². The Bertz CT molecular complexity index is 698. The zero-order chi connectivity index (χ0) is 16.1. The van der Waals surface area contributed by atoms with Gasteiger partial charge in [0.05, 0.1) is 0 Å². The van der Waals surface area contributed by atoms with Crippen LogP contribution in [-0.2, 0) is 5.41 Å². The van der Waals surface area contributed by atoms with Crippen molar-refractivity contribution in [2.45, 2.75) is 37.5 Å². The number of aromatic amines is 1. The van der Waals surface area contributed by atoms with E-state index in [2.05, 4.69) is 39.8 Å². The third-order valence-corrected chi connectivity index (χ3v) is 4.70. The molecule has 1 fully saturated rings. The van der Waals surface area contributed by atoms with E-state index in [-0.39, 0.29) is 22.6 Å². The summed E-state index contributed by atoms with van der Waals surface area (Å²) in [6.07, 6.45) is 5.78.